The Balaban J connectivity index is 1.48. The molecule has 2 aromatic rings. The third-order valence-corrected chi connectivity index (χ3v) is 8.43. The molecule has 4 rings (SSSR count). The van der Waals surface area contributed by atoms with Crippen molar-refractivity contribution in [2.24, 2.45) is 11.7 Å². The van der Waals surface area contributed by atoms with Gasteiger partial charge in [0.1, 0.15) is 5.82 Å². The number of benzene rings is 1. The molecule has 0 aliphatic carbocycles. The highest BCUT2D eigenvalue weighted by Gasteiger charge is 2.28. The van der Waals surface area contributed by atoms with Crippen molar-refractivity contribution < 1.29 is 22.7 Å². The summed E-state index contributed by atoms with van der Waals surface area (Å²) in [7, 11) is -3.60. The van der Waals surface area contributed by atoms with Crippen LogP contribution in [0.25, 0.3) is 11.0 Å². The lowest BCUT2D eigenvalue weighted by Crippen LogP contribution is -2.41. The topological polar surface area (TPSA) is 128 Å². The van der Waals surface area contributed by atoms with Gasteiger partial charge in [-0.15, -0.1) is 0 Å². The van der Waals surface area contributed by atoms with E-state index < -0.39 is 10.0 Å². The van der Waals surface area contributed by atoms with Crippen molar-refractivity contribution in [3.8, 4) is 0 Å². The first kappa shape index (κ1) is 23.7. The number of primary amides is 1. The van der Waals surface area contributed by atoms with E-state index in [4.69, 9.17) is 10.5 Å². The maximum atomic E-state index is 13.0. The fourth-order valence-electron chi connectivity index (χ4n) is 4.59. The normalized spacial score (nSPS) is 18.6. The van der Waals surface area contributed by atoms with Crippen molar-refractivity contribution in [2.45, 2.75) is 44.0 Å². The summed E-state index contributed by atoms with van der Waals surface area (Å²) in [5.41, 5.74) is 6.83. The minimum atomic E-state index is -3.60. The average molecular weight is 478 g/mol. The first-order valence-electron chi connectivity index (χ1n) is 11.5. The van der Waals surface area contributed by atoms with Crippen LogP contribution in [0.1, 0.15) is 32.0 Å². The van der Waals surface area contributed by atoms with Gasteiger partial charge in [-0.2, -0.15) is 4.31 Å². The molecule has 0 saturated carbocycles. The van der Waals surface area contributed by atoms with Crippen molar-refractivity contribution in [3.05, 3.63) is 24.0 Å². The molecule has 180 valence electrons. The number of morpholine rings is 1. The zero-order valence-corrected chi connectivity index (χ0v) is 19.7. The zero-order chi connectivity index (χ0) is 23.6. The van der Waals surface area contributed by atoms with Gasteiger partial charge in [-0.3, -0.25) is 9.59 Å². The van der Waals surface area contributed by atoms with Gasteiger partial charge >= 0.3 is 0 Å². The summed E-state index contributed by atoms with van der Waals surface area (Å²) in [4.78, 5) is 30.7. The van der Waals surface area contributed by atoms with Crippen molar-refractivity contribution in [2.75, 3.05) is 39.4 Å². The highest BCUT2D eigenvalue weighted by molar-refractivity contribution is 7.89. The molecule has 2 N–H and O–H groups in total. The Bertz CT molecular complexity index is 1130. The van der Waals surface area contributed by atoms with Crippen LogP contribution in [0.15, 0.2) is 23.1 Å². The summed E-state index contributed by atoms with van der Waals surface area (Å²) in [6.45, 7) is 5.22. The van der Waals surface area contributed by atoms with Gasteiger partial charge in [0, 0.05) is 51.5 Å². The molecule has 0 unspecified atom stereocenters. The summed E-state index contributed by atoms with van der Waals surface area (Å²) in [5.74, 6) is 0.340. The fraction of sp³-hybridized carbons (Fsp3) is 0.591. The second kappa shape index (κ2) is 9.78. The number of aryl methyl sites for hydroxylation is 2. The highest BCUT2D eigenvalue weighted by atomic mass is 32.2. The van der Waals surface area contributed by atoms with E-state index in [1.165, 1.54) is 4.31 Å². The van der Waals surface area contributed by atoms with Gasteiger partial charge in [-0.05, 0) is 38.0 Å². The van der Waals surface area contributed by atoms with E-state index in [-0.39, 0.29) is 22.6 Å². The molecule has 2 aliphatic heterocycles. The number of nitrogens with two attached hydrogens (primary N) is 1. The maximum Gasteiger partial charge on any atom is 0.243 e. The van der Waals surface area contributed by atoms with Crippen molar-refractivity contribution in [1.29, 1.82) is 0 Å². The SMILES string of the molecule is CCn1c(CCC(=O)N2CCC(C(N)=O)CC2)nc2cc(S(=O)(=O)N3CCOCC3)ccc21. The predicted octanol–water partition coefficient (Wildman–Crippen LogP) is 0.734. The van der Waals surface area contributed by atoms with E-state index in [1.807, 2.05) is 11.5 Å². The minimum Gasteiger partial charge on any atom is -0.379 e. The second-order valence-corrected chi connectivity index (χ2v) is 10.4. The lowest BCUT2D eigenvalue weighted by atomic mass is 9.96. The number of piperidine rings is 1. The van der Waals surface area contributed by atoms with E-state index in [0.29, 0.717) is 77.1 Å². The van der Waals surface area contributed by atoms with Crippen LogP contribution >= 0.6 is 0 Å². The molecule has 10 nitrogen and oxygen atoms in total. The van der Waals surface area contributed by atoms with Crippen molar-refractivity contribution in [3.63, 3.8) is 0 Å². The number of likely N-dealkylation sites (tertiary alicyclic amines) is 1. The Morgan fingerprint density at radius 3 is 2.48 bits per heavy atom. The molecule has 0 radical (unpaired) electrons. The first-order valence-corrected chi connectivity index (χ1v) is 12.9. The Labute approximate surface area is 193 Å². The van der Waals surface area contributed by atoms with E-state index in [1.54, 1.807) is 23.1 Å². The van der Waals surface area contributed by atoms with Crippen LogP contribution in [0.3, 0.4) is 0 Å². The molecule has 2 fully saturated rings. The molecule has 3 heterocycles. The molecular formula is C22H31N5O5S. The van der Waals surface area contributed by atoms with Crippen molar-refractivity contribution >= 4 is 32.9 Å². The summed E-state index contributed by atoms with van der Waals surface area (Å²) < 4.78 is 34.7. The van der Waals surface area contributed by atoms with Crippen LogP contribution in [-0.2, 0) is 37.3 Å². The Hall–Kier alpha value is -2.50. The predicted molar refractivity (Wildman–Crippen MR) is 122 cm³/mol. The highest BCUT2D eigenvalue weighted by Crippen LogP contribution is 2.24. The third kappa shape index (κ3) is 4.90. The van der Waals surface area contributed by atoms with E-state index in [0.717, 1.165) is 11.3 Å². The van der Waals surface area contributed by atoms with Gasteiger partial charge in [0.2, 0.25) is 21.8 Å². The molecule has 0 spiro atoms. The molecule has 2 aliphatic rings. The van der Waals surface area contributed by atoms with Crippen LogP contribution in [0, 0.1) is 5.92 Å². The van der Waals surface area contributed by atoms with Crippen molar-refractivity contribution in [1.82, 2.24) is 18.8 Å². The fourth-order valence-corrected chi connectivity index (χ4v) is 6.02. The van der Waals surface area contributed by atoms with Crippen LogP contribution < -0.4 is 5.73 Å². The number of fused-ring (bicyclic) bond motifs is 1. The second-order valence-electron chi connectivity index (χ2n) is 8.50. The first-order chi connectivity index (χ1) is 15.8. The number of rotatable bonds is 7. The van der Waals surface area contributed by atoms with E-state index in [9.17, 15) is 18.0 Å². The van der Waals surface area contributed by atoms with E-state index >= 15 is 0 Å². The number of carbonyl (C=O) groups is 2. The third-order valence-electron chi connectivity index (χ3n) is 6.54. The molecule has 33 heavy (non-hydrogen) atoms. The quantitative estimate of drug-likeness (QED) is 0.626. The van der Waals surface area contributed by atoms with Crippen LogP contribution in [0.4, 0.5) is 0 Å². The number of sulfonamides is 1. The molecular weight excluding hydrogens is 446 g/mol. The van der Waals surface area contributed by atoms with Crippen LogP contribution in [0.5, 0.6) is 0 Å². The number of hydrogen-bond donors (Lipinski definition) is 1. The molecule has 1 aromatic carbocycles. The summed E-state index contributed by atoms with van der Waals surface area (Å²) >= 11 is 0. The summed E-state index contributed by atoms with van der Waals surface area (Å²) in [5, 5.41) is 0. The molecule has 11 heteroatoms. The Morgan fingerprint density at radius 2 is 1.85 bits per heavy atom. The molecule has 0 atom stereocenters. The largest absolute Gasteiger partial charge is 0.379 e. The van der Waals surface area contributed by atoms with Gasteiger partial charge in [-0.1, -0.05) is 0 Å². The average Bonchev–Trinajstić information content (AvgIpc) is 3.19. The van der Waals surface area contributed by atoms with Gasteiger partial charge in [0.15, 0.2) is 0 Å². The van der Waals surface area contributed by atoms with Gasteiger partial charge in [0.05, 0.1) is 29.1 Å². The Kier molecular flexibility index (Phi) is 7.01. The van der Waals surface area contributed by atoms with Crippen LogP contribution in [-0.4, -0.2) is 78.4 Å². The summed E-state index contributed by atoms with van der Waals surface area (Å²) in [6.07, 6.45) is 1.98. The van der Waals surface area contributed by atoms with Gasteiger partial charge < -0.3 is 19.9 Å². The molecule has 2 amide bonds. The standard InChI is InChI=1S/C22H31N5O5S/c1-2-27-19-4-3-17(33(30,31)26-11-13-32-14-12-26)15-18(19)24-20(27)5-6-21(28)25-9-7-16(8-10-25)22(23)29/h3-4,15-16H,2,5-14H2,1H3,(H2,23,29). The summed E-state index contributed by atoms with van der Waals surface area (Å²) in [6, 6.07) is 5.03. The minimum absolute atomic E-state index is 0.0308. The van der Waals surface area contributed by atoms with E-state index in [2.05, 4.69) is 4.98 Å². The number of hydrogen-bond acceptors (Lipinski definition) is 6. The van der Waals surface area contributed by atoms with Gasteiger partial charge in [-0.25, -0.2) is 13.4 Å². The number of carbonyl (C=O) groups excluding carboxylic acids is 2. The smallest absolute Gasteiger partial charge is 0.243 e. The molecule has 2 saturated heterocycles. The number of nitrogens with zero attached hydrogens (tertiary/aromatic N) is 4. The number of ether oxygens (including phenoxy) is 1. The zero-order valence-electron chi connectivity index (χ0n) is 18.9. The Morgan fingerprint density at radius 1 is 1.15 bits per heavy atom. The number of amides is 2. The lowest BCUT2D eigenvalue weighted by Gasteiger charge is -2.30. The monoisotopic (exact) mass is 477 g/mol. The number of imidazole rings is 1. The van der Waals surface area contributed by atoms with Crippen LogP contribution in [0.2, 0.25) is 0 Å². The molecule has 1 aromatic heterocycles. The molecule has 0 bridgehead atoms. The lowest BCUT2D eigenvalue weighted by molar-refractivity contribution is -0.134. The number of aromatic nitrogens is 2. The maximum absolute atomic E-state index is 13.0. The van der Waals surface area contributed by atoms with Gasteiger partial charge in [0.25, 0.3) is 0 Å².